The predicted octanol–water partition coefficient (Wildman–Crippen LogP) is 1.60. The van der Waals surface area contributed by atoms with Gasteiger partial charge in [-0.15, -0.1) is 0 Å². The van der Waals surface area contributed by atoms with Crippen LogP contribution in [-0.4, -0.2) is 44.4 Å². The maximum Gasteiger partial charge on any atom is 0.243 e. The molecule has 0 saturated carbocycles. The van der Waals surface area contributed by atoms with Gasteiger partial charge in [-0.1, -0.05) is 0 Å². The number of amides is 1. The summed E-state index contributed by atoms with van der Waals surface area (Å²) in [5, 5.41) is 0. The Morgan fingerprint density at radius 2 is 1.95 bits per heavy atom. The van der Waals surface area contributed by atoms with Crippen LogP contribution in [0.4, 0.5) is 5.69 Å². The molecule has 1 unspecified atom stereocenters. The zero-order valence-corrected chi connectivity index (χ0v) is 13.6. The lowest BCUT2D eigenvalue weighted by Crippen LogP contribution is -2.41. The quantitative estimate of drug-likeness (QED) is 0.829. The molecule has 0 spiro atoms. The molecule has 1 aromatic rings. The first-order valence-corrected chi connectivity index (χ1v) is 8.92. The number of rotatable bonds is 2. The van der Waals surface area contributed by atoms with Gasteiger partial charge in [0, 0.05) is 20.0 Å². The summed E-state index contributed by atoms with van der Waals surface area (Å²) in [6.07, 6.45) is 1.67. The maximum absolute atomic E-state index is 12.6. The van der Waals surface area contributed by atoms with Crippen molar-refractivity contribution in [1.82, 2.24) is 4.31 Å². The van der Waals surface area contributed by atoms with Crippen molar-refractivity contribution in [3.8, 4) is 5.75 Å². The SMILES string of the molecule is CC(=O)N1CC(C)Oc2ccc(S(=O)(=O)N3CCCC3)cc21. The van der Waals surface area contributed by atoms with Gasteiger partial charge in [0.2, 0.25) is 15.9 Å². The minimum Gasteiger partial charge on any atom is -0.487 e. The molecule has 0 bridgehead atoms. The zero-order chi connectivity index (χ0) is 15.9. The Morgan fingerprint density at radius 1 is 1.27 bits per heavy atom. The van der Waals surface area contributed by atoms with Gasteiger partial charge in [0.15, 0.2) is 0 Å². The number of benzene rings is 1. The second-order valence-corrected chi connectivity index (χ2v) is 7.74. The van der Waals surface area contributed by atoms with Gasteiger partial charge in [0.25, 0.3) is 0 Å². The van der Waals surface area contributed by atoms with E-state index in [1.807, 2.05) is 6.92 Å². The number of sulfonamides is 1. The van der Waals surface area contributed by atoms with Crippen molar-refractivity contribution in [2.24, 2.45) is 0 Å². The summed E-state index contributed by atoms with van der Waals surface area (Å²) in [5.74, 6) is 0.432. The van der Waals surface area contributed by atoms with Crippen molar-refractivity contribution in [2.75, 3.05) is 24.5 Å². The Balaban J connectivity index is 2.02. The molecule has 3 rings (SSSR count). The highest BCUT2D eigenvalue weighted by atomic mass is 32.2. The largest absolute Gasteiger partial charge is 0.487 e. The summed E-state index contributed by atoms with van der Waals surface area (Å²) in [6, 6.07) is 4.75. The lowest BCUT2D eigenvalue weighted by molar-refractivity contribution is -0.117. The molecule has 7 heteroatoms. The van der Waals surface area contributed by atoms with Crippen LogP contribution in [0.25, 0.3) is 0 Å². The van der Waals surface area contributed by atoms with Crippen LogP contribution in [0, 0.1) is 0 Å². The van der Waals surface area contributed by atoms with Crippen LogP contribution in [0.5, 0.6) is 5.75 Å². The minimum absolute atomic E-state index is 0.113. The molecule has 22 heavy (non-hydrogen) atoms. The van der Waals surface area contributed by atoms with Gasteiger partial charge >= 0.3 is 0 Å². The van der Waals surface area contributed by atoms with Crippen molar-refractivity contribution < 1.29 is 17.9 Å². The number of hydrogen-bond acceptors (Lipinski definition) is 4. The van der Waals surface area contributed by atoms with Gasteiger partial charge in [-0.05, 0) is 38.0 Å². The smallest absolute Gasteiger partial charge is 0.243 e. The standard InChI is InChI=1S/C15H20N2O4S/c1-11-10-17(12(2)18)14-9-13(5-6-15(14)21-11)22(19,20)16-7-3-4-8-16/h5-6,9,11H,3-4,7-8,10H2,1-2H3. The van der Waals surface area contributed by atoms with Crippen molar-refractivity contribution in [2.45, 2.75) is 37.7 Å². The van der Waals surface area contributed by atoms with Crippen LogP contribution in [0.2, 0.25) is 0 Å². The van der Waals surface area contributed by atoms with E-state index in [2.05, 4.69) is 0 Å². The molecule has 6 nitrogen and oxygen atoms in total. The Morgan fingerprint density at radius 3 is 2.59 bits per heavy atom. The normalized spacial score (nSPS) is 22.3. The van der Waals surface area contributed by atoms with Crippen molar-refractivity contribution in [1.29, 1.82) is 0 Å². The van der Waals surface area contributed by atoms with Crippen LogP contribution in [0.3, 0.4) is 0 Å². The van der Waals surface area contributed by atoms with Crippen molar-refractivity contribution >= 4 is 21.6 Å². The Kier molecular flexibility index (Phi) is 3.86. The van der Waals surface area contributed by atoms with E-state index in [1.54, 1.807) is 23.1 Å². The molecule has 2 aliphatic rings. The molecule has 1 aromatic carbocycles. The van der Waals surface area contributed by atoms with E-state index in [4.69, 9.17) is 4.74 Å². The van der Waals surface area contributed by atoms with E-state index in [1.165, 1.54) is 11.2 Å². The molecule has 1 fully saturated rings. The first-order valence-electron chi connectivity index (χ1n) is 7.48. The fraction of sp³-hybridized carbons (Fsp3) is 0.533. The third-order valence-corrected chi connectivity index (χ3v) is 5.97. The predicted molar refractivity (Wildman–Crippen MR) is 82.6 cm³/mol. The highest BCUT2D eigenvalue weighted by molar-refractivity contribution is 7.89. The van der Waals surface area contributed by atoms with Gasteiger partial charge < -0.3 is 9.64 Å². The van der Waals surface area contributed by atoms with Gasteiger partial charge in [-0.3, -0.25) is 4.79 Å². The third kappa shape index (κ3) is 2.59. The lowest BCUT2D eigenvalue weighted by atomic mass is 10.2. The first-order chi connectivity index (χ1) is 10.4. The summed E-state index contributed by atoms with van der Waals surface area (Å²) in [5.41, 5.74) is 0.533. The number of nitrogens with zero attached hydrogens (tertiary/aromatic N) is 2. The molecule has 1 atom stereocenters. The summed E-state index contributed by atoms with van der Waals surface area (Å²) < 4.78 is 32.5. The highest BCUT2D eigenvalue weighted by Gasteiger charge is 2.31. The van der Waals surface area contributed by atoms with Crippen LogP contribution < -0.4 is 9.64 Å². The monoisotopic (exact) mass is 324 g/mol. The van der Waals surface area contributed by atoms with Crippen LogP contribution >= 0.6 is 0 Å². The van der Waals surface area contributed by atoms with Crippen LogP contribution in [0.15, 0.2) is 23.1 Å². The molecule has 0 aliphatic carbocycles. The summed E-state index contributed by atoms with van der Waals surface area (Å²) >= 11 is 0. The molecule has 1 amide bonds. The molecule has 0 radical (unpaired) electrons. The van der Waals surface area contributed by atoms with E-state index in [-0.39, 0.29) is 16.9 Å². The van der Waals surface area contributed by atoms with Gasteiger partial charge in [-0.2, -0.15) is 4.31 Å². The van der Waals surface area contributed by atoms with Gasteiger partial charge in [-0.25, -0.2) is 8.42 Å². The molecule has 120 valence electrons. The van der Waals surface area contributed by atoms with E-state index in [0.717, 1.165) is 12.8 Å². The molecule has 1 saturated heterocycles. The zero-order valence-electron chi connectivity index (χ0n) is 12.8. The van der Waals surface area contributed by atoms with Crippen molar-refractivity contribution in [3.63, 3.8) is 0 Å². The van der Waals surface area contributed by atoms with Crippen molar-refractivity contribution in [3.05, 3.63) is 18.2 Å². The van der Waals surface area contributed by atoms with E-state index in [0.29, 0.717) is 31.1 Å². The number of fused-ring (bicyclic) bond motifs is 1. The Labute approximate surface area is 130 Å². The number of carbonyl (C=O) groups excluding carboxylic acids is 1. The lowest BCUT2D eigenvalue weighted by Gasteiger charge is -2.33. The minimum atomic E-state index is -3.50. The van der Waals surface area contributed by atoms with Gasteiger partial charge in [0.1, 0.15) is 11.9 Å². The maximum atomic E-state index is 12.6. The number of anilines is 1. The second-order valence-electron chi connectivity index (χ2n) is 5.80. The molecule has 0 aromatic heterocycles. The average Bonchev–Trinajstić information content (AvgIpc) is 3.00. The fourth-order valence-corrected chi connectivity index (χ4v) is 4.49. The Hall–Kier alpha value is -1.60. The first kappa shape index (κ1) is 15.3. The van der Waals surface area contributed by atoms with E-state index < -0.39 is 10.0 Å². The Bertz CT molecular complexity index is 695. The van der Waals surface area contributed by atoms with Crippen LogP contribution in [-0.2, 0) is 14.8 Å². The van der Waals surface area contributed by atoms with Crippen LogP contribution in [0.1, 0.15) is 26.7 Å². The molecular formula is C15H20N2O4S. The highest BCUT2D eigenvalue weighted by Crippen LogP contribution is 2.36. The van der Waals surface area contributed by atoms with E-state index >= 15 is 0 Å². The fourth-order valence-electron chi connectivity index (χ4n) is 2.95. The summed E-state index contributed by atoms with van der Waals surface area (Å²) in [6.45, 7) is 4.90. The number of carbonyl (C=O) groups is 1. The summed E-state index contributed by atoms with van der Waals surface area (Å²) in [4.78, 5) is 13.6. The molecule has 0 N–H and O–H groups in total. The number of hydrogen-bond donors (Lipinski definition) is 0. The second kappa shape index (κ2) is 5.55. The molecular weight excluding hydrogens is 304 g/mol. The summed E-state index contributed by atoms with van der Waals surface area (Å²) in [7, 11) is -3.50. The molecule has 2 aliphatic heterocycles. The average molecular weight is 324 g/mol. The third-order valence-electron chi connectivity index (χ3n) is 4.07. The topological polar surface area (TPSA) is 66.9 Å². The number of ether oxygens (including phenoxy) is 1. The van der Waals surface area contributed by atoms with E-state index in [9.17, 15) is 13.2 Å². The van der Waals surface area contributed by atoms with Gasteiger partial charge in [0.05, 0.1) is 17.1 Å². The molecule has 2 heterocycles.